The van der Waals surface area contributed by atoms with Crippen molar-refractivity contribution >= 4 is 22.6 Å². The van der Waals surface area contributed by atoms with Crippen molar-refractivity contribution in [3.63, 3.8) is 0 Å². The molecule has 0 saturated heterocycles. The van der Waals surface area contributed by atoms with Gasteiger partial charge in [0, 0.05) is 22.2 Å². The average molecular weight is 290 g/mol. The molecule has 1 aromatic rings. The lowest BCUT2D eigenvalue weighted by Crippen LogP contribution is -2.15. The number of alkyl halides is 1. The van der Waals surface area contributed by atoms with Gasteiger partial charge in [-0.1, -0.05) is 22.6 Å². The van der Waals surface area contributed by atoms with E-state index in [1.54, 1.807) is 18.5 Å². The second kappa shape index (κ2) is 3.77. The fraction of sp³-hybridized carbons (Fsp3) is 0.556. The zero-order chi connectivity index (χ0) is 9.15. The topological polar surface area (TPSA) is 35.0 Å². The second-order valence-corrected chi connectivity index (χ2v) is 4.22. The molecule has 13 heavy (non-hydrogen) atoms. The SMILES string of the molecule is ICC1(COc2ncccn2)CC1. The van der Waals surface area contributed by atoms with Crippen molar-refractivity contribution in [2.75, 3.05) is 11.0 Å². The van der Waals surface area contributed by atoms with Crippen LogP contribution in [0.5, 0.6) is 6.01 Å². The Hall–Kier alpha value is -0.390. The summed E-state index contributed by atoms with van der Waals surface area (Å²) in [5, 5.41) is 0. The van der Waals surface area contributed by atoms with Crippen molar-refractivity contribution in [3.05, 3.63) is 18.5 Å². The third-order valence-electron chi connectivity index (χ3n) is 2.29. The molecule has 1 aromatic heterocycles. The van der Waals surface area contributed by atoms with Crippen LogP contribution in [0.3, 0.4) is 0 Å². The van der Waals surface area contributed by atoms with Crippen LogP contribution in [-0.2, 0) is 0 Å². The minimum atomic E-state index is 0.430. The summed E-state index contributed by atoms with van der Waals surface area (Å²) >= 11 is 2.41. The Morgan fingerprint density at radius 2 is 2.08 bits per heavy atom. The summed E-state index contributed by atoms with van der Waals surface area (Å²) in [6.45, 7) is 0.764. The van der Waals surface area contributed by atoms with Crippen LogP contribution in [0.2, 0.25) is 0 Å². The first-order chi connectivity index (χ1) is 6.35. The normalized spacial score (nSPS) is 18.2. The molecule has 1 aliphatic carbocycles. The molecule has 1 saturated carbocycles. The fourth-order valence-electron chi connectivity index (χ4n) is 1.07. The predicted molar refractivity (Wildman–Crippen MR) is 58.1 cm³/mol. The van der Waals surface area contributed by atoms with Gasteiger partial charge in [0.15, 0.2) is 0 Å². The quantitative estimate of drug-likeness (QED) is 0.629. The standard InChI is InChI=1S/C9H11IN2O/c10-6-9(2-3-9)7-13-8-11-4-1-5-12-8/h1,4-5H,2-3,6-7H2. The summed E-state index contributed by atoms with van der Waals surface area (Å²) < 4.78 is 6.66. The van der Waals surface area contributed by atoms with E-state index in [2.05, 4.69) is 32.6 Å². The van der Waals surface area contributed by atoms with Crippen LogP contribution in [-0.4, -0.2) is 21.0 Å². The van der Waals surface area contributed by atoms with Crippen LogP contribution >= 0.6 is 22.6 Å². The molecule has 1 aliphatic rings. The van der Waals surface area contributed by atoms with E-state index in [-0.39, 0.29) is 0 Å². The Morgan fingerprint density at radius 1 is 1.38 bits per heavy atom. The van der Waals surface area contributed by atoms with Crippen LogP contribution in [0, 0.1) is 5.41 Å². The lowest BCUT2D eigenvalue weighted by Gasteiger charge is -2.10. The van der Waals surface area contributed by atoms with E-state index < -0.39 is 0 Å². The molecule has 0 radical (unpaired) electrons. The molecule has 0 spiro atoms. The lowest BCUT2D eigenvalue weighted by atomic mass is 10.2. The van der Waals surface area contributed by atoms with Gasteiger partial charge < -0.3 is 4.74 Å². The fourth-order valence-corrected chi connectivity index (χ4v) is 2.05. The molecule has 1 heterocycles. The third-order valence-corrected chi connectivity index (χ3v) is 3.91. The van der Waals surface area contributed by atoms with E-state index in [1.807, 2.05) is 0 Å². The molecule has 0 amide bonds. The van der Waals surface area contributed by atoms with Gasteiger partial charge >= 0.3 is 6.01 Å². The molecule has 70 valence electrons. The largest absolute Gasteiger partial charge is 0.463 e. The van der Waals surface area contributed by atoms with Gasteiger partial charge in [0.1, 0.15) is 0 Å². The van der Waals surface area contributed by atoms with Crippen LogP contribution < -0.4 is 4.74 Å². The Kier molecular flexibility index (Phi) is 2.66. The molecule has 0 aliphatic heterocycles. The molecular weight excluding hydrogens is 279 g/mol. The van der Waals surface area contributed by atoms with Crippen LogP contribution in [0.25, 0.3) is 0 Å². The number of nitrogens with zero attached hydrogens (tertiary/aromatic N) is 2. The zero-order valence-corrected chi connectivity index (χ0v) is 9.40. The summed E-state index contributed by atoms with van der Waals surface area (Å²) in [5.41, 5.74) is 0.430. The summed E-state index contributed by atoms with van der Waals surface area (Å²) in [5.74, 6) is 0. The van der Waals surface area contributed by atoms with Gasteiger partial charge in [-0.05, 0) is 18.9 Å². The van der Waals surface area contributed by atoms with Crippen LogP contribution in [0.4, 0.5) is 0 Å². The number of ether oxygens (including phenoxy) is 1. The van der Waals surface area contributed by atoms with Crippen LogP contribution in [0.1, 0.15) is 12.8 Å². The highest BCUT2D eigenvalue weighted by molar-refractivity contribution is 14.1. The van der Waals surface area contributed by atoms with Crippen molar-refractivity contribution in [1.29, 1.82) is 0 Å². The van der Waals surface area contributed by atoms with E-state index in [9.17, 15) is 0 Å². The Labute approximate surface area is 91.1 Å². The average Bonchev–Trinajstić information content (AvgIpc) is 2.97. The number of rotatable bonds is 4. The number of hydrogen-bond donors (Lipinski definition) is 0. The first-order valence-corrected chi connectivity index (χ1v) is 5.83. The Morgan fingerprint density at radius 3 is 2.62 bits per heavy atom. The van der Waals surface area contributed by atoms with Crippen molar-refractivity contribution in [2.45, 2.75) is 12.8 Å². The number of hydrogen-bond acceptors (Lipinski definition) is 3. The van der Waals surface area contributed by atoms with Crippen molar-refractivity contribution in [3.8, 4) is 6.01 Å². The smallest absolute Gasteiger partial charge is 0.316 e. The van der Waals surface area contributed by atoms with E-state index in [1.165, 1.54) is 12.8 Å². The van der Waals surface area contributed by atoms with E-state index in [4.69, 9.17) is 4.74 Å². The highest BCUT2D eigenvalue weighted by Gasteiger charge is 2.42. The predicted octanol–water partition coefficient (Wildman–Crippen LogP) is 2.07. The van der Waals surface area contributed by atoms with Crippen molar-refractivity contribution in [1.82, 2.24) is 9.97 Å². The maximum atomic E-state index is 5.50. The molecular formula is C9H11IN2O. The highest BCUT2D eigenvalue weighted by atomic mass is 127. The molecule has 4 heteroatoms. The first kappa shape index (κ1) is 9.18. The number of aromatic nitrogens is 2. The second-order valence-electron chi connectivity index (χ2n) is 3.45. The van der Waals surface area contributed by atoms with E-state index >= 15 is 0 Å². The monoisotopic (exact) mass is 290 g/mol. The maximum Gasteiger partial charge on any atom is 0.316 e. The van der Waals surface area contributed by atoms with Crippen molar-refractivity contribution in [2.24, 2.45) is 5.41 Å². The van der Waals surface area contributed by atoms with E-state index in [0.717, 1.165) is 11.0 Å². The summed E-state index contributed by atoms with van der Waals surface area (Å²) in [7, 11) is 0. The zero-order valence-electron chi connectivity index (χ0n) is 7.24. The van der Waals surface area contributed by atoms with Gasteiger partial charge in [0.2, 0.25) is 0 Å². The van der Waals surface area contributed by atoms with E-state index in [0.29, 0.717) is 11.4 Å². The first-order valence-electron chi connectivity index (χ1n) is 4.30. The highest BCUT2D eigenvalue weighted by Crippen LogP contribution is 2.47. The van der Waals surface area contributed by atoms with Gasteiger partial charge in [0.25, 0.3) is 0 Å². The molecule has 0 aromatic carbocycles. The van der Waals surface area contributed by atoms with Gasteiger partial charge in [-0.3, -0.25) is 0 Å². The molecule has 0 N–H and O–H groups in total. The Bertz CT molecular complexity index is 274. The summed E-state index contributed by atoms with van der Waals surface area (Å²) in [4.78, 5) is 8.02. The maximum absolute atomic E-state index is 5.50. The molecule has 0 unspecified atom stereocenters. The minimum absolute atomic E-state index is 0.430. The summed E-state index contributed by atoms with van der Waals surface area (Å²) in [6.07, 6.45) is 5.96. The molecule has 0 atom stereocenters. The molecule has 3 nitrogen and oxygen atoms in total. The third kappa shape index (κ3) is 2.30. The molecule has 2 rings (SSSR count). The van der Waals surface area contributed by atoms with Gasteiger partial charge in [-0.2, -0.15) is 0 Å². The molecule has 0 bridgehead atoms. The van der Waals surface area contributed by atoms with Gasteiger partial charge in [-0.25, -0.2) is 9.97 Å². The van der Waals surface area contributed by atoms with Crippen LogP contribution in [0.15, 0.2) is 18.5 Å². The molecule has 1 fully saturated rings. The van der Waals surface area contributed by atoms with Gasteiger partial charge in [0.05, 0.1) is 6.61 Å². The number of halogens is 1. The lowest BCUT2D eigenvalue weighted by molar-refractivity contribution is 0.234. The van der Waals surface area contributed by atoms with Crippen molar-refractivity contribution < 1.29 is 4.74 Å². The minimum Gasteiger partial charge on any atom is -0.463 e. The Balaban J connectivity index is 1.86. The summed E-state index contributed by atoms with van der Waals surface area (Å²) in [6, 6.07) is 2.29. The van der Waals surface area contributed by atoms with Gasteiger partial charge in [-0.15, -0.1) is 0 Å².